The number of carbonyl (C=O) groups excluding carboxylic acids is 1. The number of aryl methyl sites for hydroxylation is 1. The highest BCUT2D eigenvalue weighted by Gasteiger charge is 2.16. The van der Waals surface area contributed by atoms with Gasteiger partial charge in [0.05, 0.1) is 17.3 Å². The number of rotatable bonds is 4. The van der Waals surface area contributed by atoms with Gasteiger partial charge in [-0.2, -0.15) is 0 Å². The molecule has 0 fully saturated rings. The number of hydrogen-bond donors (Lipinski definition) is 2. The number of ether oxygens (including phenoxy) is 2. The molecular formula is C17H16BrClN2O3. The Kier molecular flexibility index (Phi) is 5.16. The molecule has 0 spiro atoms. The molecule has 2 aromatic carbocycles. The molecule has 0 unspecified atom stereocenters. The normalized spacial score (nSPS) is 12.6. The van der Waals surface area contributed by atoms with Gasteiger partial charge >= 0.3 is 0 Å². The summed E-state index contributed by atoms with van der Waals surface area (Å²) in [6, 6.07) is 9.20. The van der Waals surface area contributed by atoms with Crippen molar-refractivity contribution in [1.29, 1.82) is 0 Å². The van der Waals surface area contributed by atoms with E-state index in [-0.39, 0.29) is 12.5 Å². The largest absolute Gasteiger partial charge is 0.486 e. The van der Waals surface area contributed by atoms with Crippen molar-refractivity contribution in [2.24, 2.45) is 0 Å². The molecule has 1 aliphatic heterocycles. The number of amides is 1. The van der Waals surface area contributed by atoms with E-state index in [0.29, 0.717) is 35.4 Å². The summed E-state index contributed by atoms with van der Waals surface area (Å²) in [5.74, 6) is 0.960. The van der Waals surface area contributed by atoms with Crippen molar-refractivity contribution in [2.45, 2.75) is 6.92 Å². The zero-order valence-corrected chi connectivity index (χ0v) is 15.3. The van der Waals surface area contributed by atoms with Crippen LogP contribution in [0.3, 0.4) is 0 Å². The summed E-state index contributed by atoms with van der Waals surface area (Å²) in [5, 5.41) is 6.27. The van der Waals surface area contributed by atoms with E-state index in [1.807, 2.05) is 25.1 Å². The molecule has 126 valence electrons. The van der Waals surface area contributed by atoms with Gasteiger partial charge in [0.1, 0.15) is 13.2 Å². The third-order valence-corrected chi connectivity index (χ3v) is 4.44. The second kappa shape index (κ2) is 7.32. The van der Waals surface area contributed by atoms with Crippen molar-refractivity contribution in [1.82, 2.24) is 0 Å². The Labute approximate surface area is 153 Å². The van der Waals surface area contributed by atoms with Crippen molar-refractivity contribution in [3.63, 3.8) is 0 Å². The quantitative estimate of drug-likeness (QED) is 0.790. The number of benzene rings is 2. The summed E-state index contributed by atoms with van der Waals surface area (Å²) in [6.07, 6.45) is 0. The first-order valence-electron chi connectivity index (χ1n) is 7.42. The molecule has 5 nitrogen and oxygen atoms in total. The molecule has 2 N–H and O–H groups in total. The summed E-state index contributed by atoms with van der Waals surface area (Å²) < 4.78 is 11.9. The fourth-order valence-electron chi connectivity index (χ4n) is 2.29. The van der Waals surface area contributed by atoms with Crippen LogP contribution in [0.5, 0.6) is 11.5 Å². The molecule has 0 bridgehead atoms. The van der Waals surface area contributed by atoms with Gasteiger partial charge in [0.15, 0.2) is 11.5 Å². The zero-order valence-electron chi connectivity index (χ0n) is 13.0. The van der Waals surface area contributed by atoms with Crippen LogP contribution >= 0.6 is 27.5 Å². The van der Waals surface area contributed by atoms with E-state index in [9.17, 15) is 4.79 Å². The summed E-state index contributed by atoms with van der Waals surface area (Å²) in [4.78, 5) is 12.2. The van der Waals surface area contributed by atoms with Crippen LogP contribution in [0.2, 0.25) is 5.02 Å². The third-order valence-electron chi connectivity index (χ3n) is 3.47. The molecule has 0 aromatic heterocycles. The molecule has 0 saturated carbocycles. The van der Waals surface area contributed by atoms with Gasteiger partial charge in [-0.25, -0.2) is 0 Å². The maximum absolute atomic E-state index is 12.2. The van der Waals surface area contributed by atoms with Gasteiger partial charge < -0.3 is 20.1 Å². The zero-order chi connectivity index (χ0) is 17.1. The molecule has 2 aromatic rings. The molecule has 0 aliphatic carbocycles. The van der Waals surface area contributed by atoms with E-state index in [4.69, 9.17) is 21.1 Å². The minimum absolute atomic E-state index is 0.117. The van der Waals surface area contributed by atoms with Crippen molar-refractivity contribution in [3.8, 4) is 11.5 Å². The predicted octanol–water partition coefficient (Wildman–Crippen LogP) is 4.23. The highest BCUT2D eigenvalue weighted by atomic mass is 79.9. The van der Waals surface area contributed by atoms with Gasteiger partial charge in [-0.1, -0.05) is 17.7 Å². The first-order valence-corrected chi connectivity index (χ1v) is 8.59. The second-order valence-electron chi connectivity index (χ2n) is 5.36. The van der Waals surface area contributed by atoms with Gasteiger partial charge in [0.2, 0.25) is 5.91 Å². The van der Waals surface area contributed by atoms with Gasteiger partial charge in [0, 0.05) is 22.3 Å². The maximum atomic E-state index is 12.2. The van der Waals surface area contributed by atoms with Crippen molar-refractivity contribution in [3.05, 3.63) is 45.4 Å². The molecule has 24 heavy (non-hydrogen) atoms. The minimum atomic E-state index is -0.207. The van der Waals surface area contributed by atoms with Crippen molar-refractivity contribution >= 4 is 44.8 Å². The highest BCUT2D eigenvalue weighted by Crippen LogP contribution is 2.37. The van der Waals surface area contributed by atoms with Crippen LogP contribution < -0.4 is 20.1 Å². The smallest absolute Gasteiger partial charge is 0.243 e. The number of fused-ring (bicyclic) bond motifs is 1. The summed E-state index contributed by atoms with van der Waals surface area (Å²) in [7, 11) is 0. The first kappa shape index (κ1) is 16.9. The van der Waals surface area contributed by atoms with Crippen LogP contribution in [0, 0.1) is 6.92 Å². The number of halogens is 2. The average Bonchev–Trinajstić information content (AvgIpc) is 2.55. The Balaban J connectivity index is 1.64. The standard InChI is InChI=1S/C17H16BrClN2O3/c1-10-2-3-13(11(18)6-10)20-9-17(22)21-14-8-16-15(7-12(14)19)23-4-5-24-16/h2-3,6-8,20H,4-5,9H2,1H3,(H,21,22). The number of hydrogen-bond acceptors (Lipinski definition) is 4. The molecule has 1 aliphatic rings. The maximum Gasteiger partial charge on any atom is 0.243 e. The Bertz CT molecular complexity index is 783. The number of nitrogens with one attached hydrogen (secondary N) is 2. The van der Waals surface area contributed by atoms with Gasteiger partial charge in [-0.15, -0.1) is 0 Å². The van der Waals surface area contributed by atoms with E-state index in [1.54, 1.807) is 12.1 Å². The summed E-state index contributed by atoms with van der Waals surface area (Å²) in [6.45, 7) is 3.09. The Morgan fingerprint density at radius 2 is 1.88 bits per heavy atom. The third kappa shape index (κ3) is 3.94. The number of anilines is 2. The SMILES string of the molecule is Cc1ccc(NCC(=O)Nc2cc3c(cc2Cl)OCCO3)c(Br)c1. The average molecular weight is 412 g/mol. The Hall–Kier alpha value is -1.92. The van der Waals surface area contributed by atoms with Gasteiger partial charge in [-0.3, -0.25) is 4.79 Å². The lowest BCUT2D eigenvalue weighted by atomic mass is 10.2. The van der Waals surface area contributed by atoms with Crippen LogP contribution in [0.25, 0.3) is 0 Å². The van der Waals surface area contributed by atoms with Crippen molar-refractivity contribution in [2.75, 3.05) is 30.4 Å². The monoisotopic (exact) mass is 410 g/mol. The fourth-order valence-corrected chi connectivity index (χ4v) is 3.13. The van der Waals surface area contributed by atoms with Crippen LogP contribution in [-0.2, 0) is 4.79 Å². The van der Waals surface area contributed by atoms with Crippen LogP contribution in [0.1, 0.15) is 5.56 Å². The first-order chi connectivity index (χ1) is 11.5. The lowest BCUT2D eigenvalue weighted by molar-refractivity contribution is -0.114. The summed E-state index contributed by atoms with van der Waals surface area (Å²) >= 11 is 9.66. The Morgan fingerprint density at radius 3 is 2.58 bits per heavy atom. The lowest BCUT2D eigenvalue weighted by Crippen LogP contribution is -2.22. The molecular weight excluding hydrogens is 396 g/mol. The van der Waals surface area contributed by atoms with E-state index < -0.39 is 0 Å². The van der Waals surface area contributed by atoms with Gasteiger partial charge in [0.25, 0.3) is 0 Å². The van der Waals surface area contributed by atoms with E-state index in [1.165, 1.54) is 0 Å². The van der Waals surface area contributed by atoms with Crippen LogP contribution in [-0.4, -0.2) is 25.7 Å². The van der Waals surface area contributed by atoms with E-state index in [0.717, 1.165) is 15.7 Å². The molecule has 3 rings (SSSR count). The lowest BCUT2D eigenvalue weighted by Gasteiger charge is -2.20. The second-order valence-corrected chi connectivity index (χ2v) is 6.62. The number of carbonyl (C=O) groups is 1. The predicted molar refractivity (Wildman–Crippen MR) is 98.4 cm³/mol. The van der Waals surface area contributed by atoms with E-state index in [2.05, 4.69) is 26.6 Å². The van der Waals surface area contributed by atoms with Crippen LogP contribution in [0.4, 0.5) is 11.4 Å². The topological polar surface area (TPSA) is 59.6 Å². The summed E-state index contributed by atoms with van der Waals surface area (Å²) in [5.41, 5.74) is 2.49. The molecule has 1 heterocycles. The molecule has 0 radical (unpaired) electrons. The van der Waals surface area contributed by atoms with Gasteiger partial charge in [-0.05, 0) is 40.5 Å². The van der Waals surface area contributed by atoms with Crippen molar-refractivity contribution < 1.29 is 14.3 Å². The molecule has 1 amide bonds. The van der Waals surface area contributed by atoms with Crippen LogP contribution in [0.15, 0.2) is 34.8 Å². The molecule has 0 atom stereocenters. The molecule has 7 heteroatoms. The minimum Gasteiger partial charge on any atom is -0.486 e. The fraction of sp³-hybridized carbons (Fsp3) is 0.235. The highest BCUT2D eigenvalue weighted by molar-refractivity contribution is 9.10. The molecule has 0 saturated heterocycles. The van der Waals surface area contributed by atoms with E-state index >= 15 is 0 Å². The Morgan fingerprint density at radius 1 is 1.17 bits per heavy atom.